The summed E-state index contributed by atoms with van der Waals surface area (Å²) in [5, 5.41) is 3.09. The minimum Gasteiger partial charge on any atom is -0.444 e. The van der Waals surface area contributed by atoms with Crippen LogP contribution < -0.4 is 11.1 Å². The number of aliphatic imine (C=N–C) groups is 1. The summed E-state index contributed by atoms with van der Waals surface area (Å²) in [7, 11) is 0. The largest absolute Gasteiger partial charge is 0.444 e. The fourth-order valence-corrected chi connectivity index (χ4v) is 2.75. The van der Waals surface area contributed by atoms with Gasteiger partial charge in [0, 0.05) is 31.2 Å². The number of halogens is 1. The lowest BCUT2D eigenvalue weighted by atomic mass is 10.1. The van der Waals surface area contributed by atoms with Crippen LogP contribution >= 0.6 is 24.0 Å². The minimum atomic E-state index is -0.551. The molecule has 170 valence electrons. The lowest BCUT2D eigenvalue weighted by Gasteiger charge is -2.27. The van der Waals surface area contributed by atoms with Crippen LogP contribution in [-0.2, 0) is 17.7 Å². The summed E-state index contributed by atoms with van der Waals surface area (Å²) < 4.78 is 5.54. The summed E-state index contributed by atoms with van der Waals surface area (Å²) in [5.74, 6) is 0.357. The molecule has 1 aromatic heterocycles. The Kier molecular flexibility index (Phi) is 11.3. The molecule has 1 aromatic carbocycles. The van der Waals surface area contributed by atoms with Crippen molar-refractivity contribution in [1.82, 2.24) is 9.88 Å². The smallest absolute Gasteiger partial charge is 0.410 e. The van der Waals surface area contributed by atoms with Crippen LogP contribution in [0.2, 0.25) is 0 Å². The number of hydrogen-bond acceptors (Lipinski definition) is 4. The first-order chi connectivity index (χ1) is 14.3. The third kappa shape index (κ3) is 10.5. The van der Waals surface area contributed by atoms with Crippen LogP contribution in [0, 0.1) is 0 Å². The number of pyridine rings is 1. The van der Waals surface area contributed by atoms with E-state index in [4.69, 9.17) is 10.5 Å². The van der Waals surface area contributed by atoms with Gasteiger partial charge in [0.1, 0.15) is 5.60 Å². The molecule has 0 aliphatic rings. The number of guanidine groups is 1. The number of nitrogens with one attached hydrogen (secondary N) is 1. The van der Waals surface area contributed by atoms with E-state index < -0.39 is 5.60 Å². The molecule has 2 rings (SSSR count). The van der Waals surface area contributed by atoms with E-state index in [2.05, 4.69) is 34.3 Å². The monoisotopic (exact) mass is 539 g/mol. The first-order valence-electron chi connectivity index (χ1n) is 10.3. The predicted octanol–water partition coefficient (Wildman–Crippen LogP) is 4.82. The van der Waals surface area contributed by atoms with Gasteiger partial charge in [0.2, 0.25) is 0 Å². The van der Waals surface area contributed by atoms with E-state index in [-0.39, 0.29) is 30.1 Å². The zero-order chi connectivity index (χ0) is 22.0. The highest BCUT2D eigenvalue weighted by Crippen LogP contribution is 2.13. The molecule has 0 aliphatic carbocycles. The van der Waals surface area contributed by atoms with Crippen LogP contribution in [0.15, 0.2) is 53.8 Å². The third-order valence-electron chi connectivity index (χ3n) is 4.25. The van der Waals surface area contributed by atoms with Gasteiger partial charge in [0.05, 0.1) is 6.54 Å². The van der Waals surface area contributed by atoms with Crippen LogP contribution in [0.25, 0.3) is 0 Å². The summed E-state index contributed by atoms with van der Waals surface area (Å²) >= 11 is 0. The van der Waals surface area contributed by atoms with Gasteiger partial charge in [-0.2, -0.15) is 0 Å². The van der Waals surface area contributed by atoms with Gasteiger partial charge in [-0.1, -0.05) is 25.1 Å². The molecule has 1 heterocycles. The second-order valence-corrected chi connectivity index (χ2v) is 8.06. The number of carbonyl (C=O) groups excluding carboxylic acids is 1. The molecule has 0 bridgehead atoms. The predicted molar refractivity (Wildman–Crippen MR) is 137 cm³/mol. The maximum Gasteiger partial charge on any atom is 0.410 e. The van der Waals surface area contributed by atoms with Gasteiger partial charge in [-0.15, -0.1) is 24.0 Å². The Hall–Kier alpha value is -2.36. The molecule has 0 radical (unpaired) electrons. The maximum atomic E-state index is 12.6. The molecular weight excluding hydrogens is 505 g/mol. The van der Waals surface area contributed by atoms with Gasteiger partial charge in [0.15, 0.2) is 5.96 Å². The van der Waals surface area contributed by atoms with E-state index in [0.717, 1.165) is 17.7 Å². The number of amides is 1. The van der Waals surface area contributed by atoms with Crippen molar-refractivity contribution in [3.63, 3.8) is 0 Å². The average Bonchev–Trinajstić information content (AvgIpc) is 2.70. The van der Waals surface area contributed by atoms with E-state index in [1.54, 1.807) is 17.3 Å². The third-order valence-corrected chi connectivity index (χ3v) is 4.25. The highest BCUT2D eigenvalue weighted by atomic mass is 127. The van der Waals surface area contributed by atoms with Crippen LogP contribution in [0.5, 0.6) is 0 Å². The fourth-order valence-electron chi connectivity index (χ4n) is 2.75. The second-order valence-electron chi connectivity index (χ2n) is 8.06. The summed E-state index contributed by atoms with van der Waals surface area (Å²) in [6, 6.07) is 11.9. The zero-order valence-corrected chi connectivity index (χ0v) is 21.1. The van der Waals surface area contributed by atoms with Crippen molar-refractivity contribution in [3.05, 3.63) is 59.9 Å². The molecule has 7 nitrogen and oxygen atoms in total. The van der Waals surface area contributed by atoms with Crippen molar-refractivity contribution in [3.8, 4) is 0 Å². The van der Waals surface area contributed by atoms with Gasteiger partial charge < -0.3 is 20.7 Å². The quantitative estimate of drug-likeness (QED) is 0.217. The van der Waals surface area contributed by atoms with Gasteiger partial charge in [0.25, 0.3) is 0 Å². The molecule has 0 saturated heterocycles. The normalized spacial score (nSPS) is 11.4. The Morgan fingerprint density at radius 3 is 2.48 bits per heavy atom. The molecule has 0 unspecified atom stereocenters. The second kappa shape index (κ2) is 13.1. The number of carbonyl (C=O) groups is 1. The first-order valence-corrected chi connectivity index (χ1v) is 10.3. The van der Waals surface area contributed by atoms with Crippen molar-refractivity contribution in [2.45, 2.75) is 52.7 Å². The Morgan fingerprint density at radius 1 is 1.19 bits per heavy atom. The number of nitrogens with two attached hydrogens (primary N) is 1. The molecular formula is C23H34IN5O2. The van der Waals surface area contributed by atoms with Crippen LogP contribution in [0.1, 0.15) is 45.2 Å². The van der Waals surface area contributed by atoms with E-state index in [1.165, 1.54) is 5.56 Å². The fraction of sp³-hybridized carbons (Fsp3) is 0.435. The number of hydrogen-bond donors (Lipinski definition) is 2. The molecule has 3 N–H and O–H groups in total. The number of nitrogens with zero attached hydrogens (tertiary/aromatic N) is 3. The van der Waals surface area contributed by atoms with Gasteiger partial charge in [-0.3, -0.25) is 9.98 Å². The first kappa shape index (κ1) is 26.7. The maximum absolute atomic E-state index is 12.6. The molecule has 0 saturated carbocycles. The van der Waals surface area contributed by atoms with Crippen molar-refractivity contribution in [1.29, 1.82) is 0 Å². The Bertz CT molecular complexity index is 820. The molecule has 1 amide bonds. The van der Waals surface area contributed by atoms with E-state index in [0.29, 0.717) is 32.0 Å². The summed E-state index contributed by atoms with van der Waals surface area (Å²) in [6.07, 6.45) is 4.77. The summed E-state index contributed by atoms with van der Waals surface area (Å²) in [5.41, 5.74) is 8.55. The number of benzene rings is 1. The van der Waals surface area contributed by atoms with Crippen molar-refractivity contribution < 1.29 is 9.53 Å². The van der Waals surface area contributed by atoms with Crippen LogP contribution in [0.3, 0.4) is 0 Å². The number of rotatable bonds is 8. The van der Waals surface area contributed by atoms with E-state index in [1.807, 2.05) is 45.0 Å². The zero-order valence-electron chi connectivity index (χ0n) is 18.8. The molecule has 8 heteroatoms. The lowest BCUT2D eigenvalue weighted by Crippen LogP contribution is -2.37. The van der Waals surface area contributed by atoms with Crippen molar-refractivity contribution in [2.24, 2.45) is 10.7 Å². The molecule has 0 fully saturated rings. The van der Waals surface area contributed by atoms with E-state index in [9.17, 15) is 4.79 Å². The average molecular weight is 539 g/mol. The molecule has 2 aromatic rings. The number of aryl methyl sites for hydroxylation is 1. The lowest BCUT2D eigenvalue weighted by molar-refractivity contribution is 0.0232. The summed E-state index contributed by atoms with van der Waals surface area (Å²) in [6.45, 7) is 9.13. The van der Waals surface area contributed by atoms with Gasteiger partial charge in [-0.05, 0) is 62.9 Å². The van der Waals surface area contributed by atoms with Crippen LogP contribution in [0.4, 0.5) is 10.5 Å². The highest BCUT2D eigenvalue weighted by molar-refractivity contribution is 14.0. The van der Waals surface area contributed by atoms with Crippen molar-refractivity contribution in [2.75, 3.05) is 18.4 Å². The van der Waals surface area contributed by atoms with Gasteiger partial charge in [-0.25, -0.2) is 4.79 Å². The molecule has 0 aliphatic heterocycles. The minimum absolute atomic E-state index is 0. The van der Waals surface area contributed by atoms with Gasteiger partial charge >= 0.3 is 6.09 Å². The number of ether oxygens (including phenoxy) is 1. The standard InChI is InChI=1S/C23H33N5O2.HI/c1-5-18-9-11-20(12-10-18)27-21(24)26-14-7-15-28(22(29)30-23(2,3)4)17-19-8-6-13-25-16-19;/h6,8-13,16H,5,7,14-15,17H2,1-4H3,(H3,24,26,27);1H. The van der Waals surface area contributed by atoms with E-state index >= 15 is 0 Å². The molecule has 0 atom stereocenters. The number of anilines is 1. The Balaban J connectivity index is 0.00000480. The summed E-state index contributed by atoms with van der Waals surface area (Å²) in [4.78, 5) is 22.8. The number of aromatic nitrogens is 1. The Labute approximate surface area is 202 Å². The highest BCUT2D eigenvalue weighted by Gasteiger charge is 2.22. The molecule has 0 spiro atoms. The Morgan fingerprint density at radius 2 is 1.90 bits per heavy atom. The molecule has 31 heavy (non-hydrogen) atoms. The van der Waals surface area contributed by atoms with Crippen LogP contribution in [-0.4, -0.2) is 40.6 Å². The topological polar surface area (TPSA) is 92.8 Å². The van der Waals surface area contributed by atoms with Crippen molar-refractivity contribution >= 4 is 41.7 Å². The SMILES string of the molecule is CCc1ccc(NC(N)=NCCCN(Cc2cccnc2)C(=O)OC(C)(C)C)cc1.I.